The van der Waals surface area contributed by atoms with Crippen LogP contribution in [0.2, 0.25) is 5.02 Å². The smallest absolute Gasteiger partial charge is 0.378 e. The SMILES string of the molecule is COC(=O)C(=O)/C=C(\O)c1ccc(OCC(C)C)cc1Cl. The topological polar surface area (TPSA) is 72.8 Å². The lowest BCUT2D eigenvalue weighted by Gasteiger charge is -2.10. The summed E-state index contributed by atoms with van der Waals surface area (Å²) in [6, 6.07) is 4.66. The van der Waals surface area contributed by atoms with Crippen molar-refractivity contribution in [2.24, 2.45) is 5.92 Å². The fraction of sp³-hybridized carbons (Fsp3) is 0.333. The molecule has 0 amide bonds. The van der Waals surface area contributed by atoms with E-state index in [9.17, 15) is 14.7 Å². The number of benzene rings is 1. The normalized spacial score (nSPS) is 11.4. The van der Waals surface area contributed by atoms with Crippen LogP contribution >= 0.6 is 11.6 Å². The molecule has 0 fully saturated rings. The van der Waals surface area contributed by atoms with Crippen molar-refractivity contribution in [2.45, 2.75) is 13.8 Å². The summed E-state index contributed by atoms with van der Waals surface area (Å²) in [7, 11) is 1.08. The number of aliphatic hydroxyl groups is 1. The van der Waals surface area contributed by atoms with E-state index in [1.54, 1.807) is 6.07 Å². The molecule has 0 spiro atoms. The maximum absolute atomic E-state index is 11.3. The molecule has 0 bridgehead atoms. The Balaban J connectivity index is 2.91. The summed E-state index contributed by atoms with van der Waals surface area (Å²) in [5.41, 5.74) is 0.228. The highest BCUT2D eigenvalue weighted by atomic mass is 35.5. The second-order valence-electron chi connectivity index (χ2n) is 4.73. The summed E-state index contributed by atoms with van der Waals surface area (Å²) in [5.74, 6) is -1.51. The van der Waals surface area contributed by atoms with Gasteiger partial charge in [-0.3, -0.25) is 4.79 Å². The van der Waals surface area contributed by atoms with Gasteiger partial charge < -0.3 is 14.6 Å². The first-order chi connectivity index (χ1) is 9.85. The molecule has 1 aromatic rings. The predicted molar refractivity (Wildman–Crippen MR) is 79.4 cm³/mol. The molecule has 0 saturated heterocycles. The summed E-state index contributed by atoms with van der Waals surface area (Å²) < 4.78 is 9.75. The molecule has 114 valence electrons. The molecule has 1 rings (SSSR count). The lowest BCUT2D eigenvalue weighted by atomic mass is 10.1. The average Bonchev–Trinajstić information content (AvgIpc) is 2.43. The van der Waals surface area contributed by atoms with Crippen molar-refractivity contribution in [3.05, 3.63) is 34.9 Å². The van der Waals surface area contributed by atoms with Gasteiger partial charge in [-0.05, 0) is 24.1 Å². The molecule has 0 aliphatic rings. The van der Waals surface area contributed by atoms with Gasteiger partial charge in [0.2, 0.25) is 0 Å². The van der Waals surface area contributed by atoms with Crippen molar-refractivity contribution in [3.8, 4) is 5.75 Å². The van der Waals surface area contributed by atoms with Crippen LogP contribution in [0.3, 0.4) is 0 Å². The van der Waals surface area contributed by atoms with E-state index >= 15 is 0 Å². The maximum atomic E-state index is 11.3. The van der Waals surface area contributed by atoms with Crippen LogP contribution < -0.4 is 4.74 Å². The first-order valence-corrected chi connectivity index (χ1v) is 6.68. The first-order valence-electron chi connectivity index (χ1n) is 6.30. The monoisotopic (exact) mass is 312 g/mol. The molecule has 0 aliphatic carbocycles. The lowest BCUT2D eigenvalue weighted by Crippen LogP contribution is -2.13. The summed E-state index contributed by atoms with van der Waals surface area (Å²) in [6.07, 6.45) is 0.766. The number of carbonyl (C=O) groups is 2. The summed E-state index contributed by atoms with van der Waals surface area (Å²) in [6.45, 7) is 4.57. The molecule has 1 N–H and O–H groups in total. The van der Waals surface area contributed by atoms with E-state index in [2.05, 4.69) is 4.74 Å². The fourth-order valence-electron chi connectivity index (χ4n) is 1.42. The third-order valence-electron chi connectivity index (χ3n) is 2.45. The van der Waals surface area contributed by atoms with Gasteiger partial charge in [-0.2, -0.15) is 0 Å². The Morgan fingerprint density at radius 2 is 2.05 bits per heavy atom. The zero-order chi connectivity index (χ0) is 16.0. The number of esters is 1. The molecule has 1 aromatic carbocycles. The molecule has 0 radical (unpaired) electrons. The van der Waals surface area contributed by atoms with Crippen LogP contribution in [-0.4, -0.2) is 30.6 Å². The molecule has 0 unspecified atom stereocenters. The van der Waals surface area contributed by atoms with Gasteiger partial charge in [0.25, 0.3) is 5.78 Å². The second kappa shape index (κ2) is 7.69. The number of hydrogen-bond donors (Lipinski definition) is 1. The third-order valence-corrected chi connectivity index (χ3v) is 2.77. The molecule has 0 heterocycles. The average molecular weight is 313 g/mol. The number of ether oxygens (including phenoxy) is 2. The van der Waals surface area contributed by atoms with Gasteiger partial charge in [-0.25, -0.2) is 4.79 Å². The minimum absolute atomic E-state index is 0.211. The molecule has 6 heteroatoms. The van der Waals surface area contributed by atoms with Crippen LogP contribution in [0.5, 0.6) is 5.75 Å². The van der Waals surface area contributed by atoms with Crippen molar-refractivity contribution in [1.29, 1.82) is 0 Å². The number of methoxy groups -OCH3 is 1. The molecular weight excluding hydrogens is 296 g/mol. The molecule has 21 heavy (non-hydrogen) atoms. The number of ketones is 1. The molecule has 0 atom stereocenters. The highest BCUT2D eigenvalue weighted by Crippen LogP contribution is 2.27. The van der Waals surface area contributed by atoms with E-state index in [1.165, 1.54) is 12.1 Å². The number of rotatable bonds is 6. The van der Waals surface area contributed by atoms with Crippen LogP contribution in [-0.2, 0) is 14.3 Å². The van der Waals surface area contributed by atoms with Crippen molar-refractivity contribution in [3.63, 3.8) is 0 Å². The van der Waals surface area contributed by atoms with Crippen LogP contribution in [0.15, 0.2) is 24.3 Å². The Bertz CT molecular complexity index is 563. The van der Waals surface area contributed by atoms with Gasteiger partial charge in [-0.1, -0.05) is 25.4 Å². The summed E-state index contributed by atoms with van der Waals surface area (Å²) in [4.78, 5) is 22.3. The quantitative estimate of drug-likeness (QED) is 0.378. The van der Waals surface area contributed by atoms with Gasteiger partial charge in [-0.15, -0.1) is 0 Å². The molecule has 0 aliphatic heterocycles. The van der Waals surface area contributed by atoms with Crippen LogP contribution in [0.25, 0.3) is 5.76 Å². The van der Waals surface area contributed by atoms with E-state index < -0.39 is 17.5 Å². The Labute approximate surface area is 128 Å². The zero-order valence-electron chi connectivity index (χ0n) is 12.1. The van der Waals surface area contributed by atoms with Crippen molar-refractivity contribution < 1.29 is 24.2 Å². The second-order valence-corrected chi connectivity index (χ2v) is 5.14. The number of aliphatic hydroxyl groups excluding tert-OH is 1. The largest absolute Gasteiger partial charge is 0.507 e. The Kier molecular flexibility index (Phi) is 6.24. The van der Waals surface area contributed by atoms with E-state index in [-0.39, 0.29) is 10.6 Å². The molecule has 5 nitrogen and oxygen atoms in total. The molecular formula is C15H17ClO5. The van der Waals surface area contributed by atoms with E-state index in [1.807, 2.05) is 13.8 Å². The highest BCUT2D eigenvalue weighted by Gasteiger charge is 2.14. The Morgan fingerprint density at radius 3 is 2.57 bits per heavy atom. The van der Waals surface area contributed by atoms with Crippen molar-refractivity contribution in [1.82, 2.24) is 0 Å². The van der Waals surface area contributed by atoms with E-state index in [4.69, 9.17) is 16.3 Å². The van der Waals surface area contributed by atoms with Crippen molar-refractivity contribution in [2.75, 3.05) is 13.7 Å². The lowest BCUT2D eigenvalue weighted by molar-refractivity contribution is -0.149. The molecule has 0 saturated carbocycles. The summed E-state index contributed by atoms with van der Waals surface area (Å²) in [5, 5.41) is 10.0. The maximum Gasteiger partial charge on any atom is 0.378 e. The van der Waals surface area contributed by atoms with Crippen LogP contribution in [0, 0.1) is 5.92 Å². The van der Waals surface area contributed by atoms with Gasteiger partial charge in [0, 0.05) is 11.6 Å². The van der Waals surface area contributed by atoms with Gasteiger partial charge in [0.1, 0.15) is 11.5 Å². The minimum Gasteiger partial charge on any atom is -0.507 e. The summed E-state index contributed by atoms with van der Waals surface area (Å²) >= 11 is 6.03. The van der Waals surface area contributed by atoms with Gasteiger partial charge in [0.05, 0.1) is 18.7 Å². The van der Waals surface area contributed by atoms with Gasteiger partial charge >= 0.3 is 5.97 Å². The van der Waals surface area contributed by atoms with Gasteiger partial charge in [0.15, 0.2) is 0 Å². The first kappa shape index (κ1) is 17.0. The van der Waals surface area contributed by atoms with E-state index in [0.717, 1.165) is 13.2 Å². The van der Waals surface area contributed by atoms with E-state index in [0.29, 0.717) is 18.3 Å². The minimum atomic E-state index is -1.06. The van der Waals surface area contributed by atoms with Crippen molar-refractivity contribution >= 4 is 29.1 Å². The highest BCUT2D eigenvalue weighted by molar-refractivity contribution is 6.39. The van der Waals surface area contributed by atoms with Crippen LogP contribution in [0.1, 0.15) is 19.4 Å². The standard InChI is InChI=1S/C15H17ClO5/c1-9(2)8-21-10-4-5-11(12(16)6-10)13(17)7-14(18)15(19)20-3/h4-7,9,17H,8H2,1-3H3/b13-7-. The number of carbonyl (C=O) groups excluding carboxylic acids is 2. The Morgan fingerprint density at radius 1 is 1.38 bits per heavy atom. The zero-order valence-corrected chi connectivity index (χ0v) is 12.8. The fourth-order valence-corrected chi connectivity index (χ4v) is 1.69. The number of halogens is 1. The van der Waals surface area contributed by atoms with Crippen LogP contribution in [0.4, 0.5) is 0 Å². The third kappa shape index (κ3) is 5.11. The Hall–Kier alpha value is -2.01. The number of hydrogen-bond acceptors (Lipinski definition) is 5. The predicted octanol–water partition coefficient (Wildman–Crippen LogP) is 3.02. The molecule has 0 aromatic heterocycles.